The average molecular weight is 545 g/mol. The van der Waals surface area contributed by atoms with Gasteiger partial charge in [-0.3, -0.25) is 15.1 Å². The first-order chi connectivity index (χ1) is 19.1. The molecule has 1 unspecified atom stereocenters. The van der Waals surface area contributed by atoms with Gasteiger partial charge in [0.1, 0.15) is 11.3 Å². The lowest BCUT2D eigenvalue weighted by Crippen LogP contribution is -2.42. The highest BCUT2D eigenvalue weighted by Crippen LogP contribution is 2.22. The topological polar surface area (TPSA) is 119 Å². The number of para-hydroxylation sites is 1. The highest BCUT2D eigenvalue weighted by atomic mass is 16.7. The molecule has 1 aromatic heterocycles. The summed E-state index contributed by atoms with van der Waals surface area (Å²) in [7, 11) is 0. The number of ether oxygens (including phenoxy) is 1. The van der Waals surface area contributed by atoms with Gasteiger partial charge in [0.05, 0.1) is 17.8 Å². The fraction of sp³-hybridized carbons (Fsp3) is 0.333. The highest BCUT2D eigenvalue weighted by molar-refractivity contribution is 5.91. The number of benzene rings is 3. The summed E-state index contributed by atoms with van der Waals surface area (Å²) in [5.74, 6) is 0.494. The molecule has 0 bridgehead atoms. The molecule has 210 valence electrons. The lowest BCUT2D eigenvalue weighted by Gasteiger charge is -2.24. The zero-order valence-corrected chi connectivity index (χ0v) is 23.5. The largest absolute Gasteiger partial charge is 0.493 e. The van der Waals surface area contributed by atoms with E-state index >= 15 is 0 Å². The van der Waals surface area contributed by atoms with Gasteiger partial charge in [0.25, 0.3) is 6.35 Å². The van der Waals surface area contributed by atoms with Gasteiger partial charge in [-0.05, 0) is 62.2 Å². The molecule has 0 fully saturated rings. The molecule has 10 heteroatoms. The summed E-state index contributed by atoms with van der Waals surface area (Å²) in [6, 6.07) is 20.5. The number of amides is 2. The molecular formula is C30H36N6O4. The molecule has 0 aliphatic rings. The smallest absolute Gasteiger partial charge is 0.254 e. The van der Waals surface area contributed by atoms with E-state index in [1.807, 2.05) is 71.0 Å². The molecule has 3 aromatic carbocycles. The van der Waals surface area contributed by atoms with E-state index in [4.69, 9.17) is 9.57 Å². The van der Waals surface area contributed by atoms with Gasteiger partial charge in [0, 0.05) is 17.5 Å². The maximum absolute atomic E-state index is 12.8. The van der Waals surface area contributed by atoms with Crippen molar-refractivity contribution in [3.05, 3.63) is 77.9 Å². The Morgan fingerprint density at radius 3 is 2.52 bits per heavy atom. The van der Waals surface area contributed by atoms with Crippen LogP contribution in [-0.4, -0.2) is 33.4 Å². The number of carbonyl (C=O) groups excluding carboxylic acids is 2. The van der Waals surface area contributed by atoms with Gasteiger partial charge in [-0.15, -0.1) is 5.10 Å². The quantitative estimate of drug-likeness (QED) is 0.129. The zero-order chi connectivity index (χ0) is 28.7. The summed E-state index contributed by atoms with van der Waals surface area (Å²) in [5, 5.41) is 14.1. The molecule has 0 aliphatic carbocycles. The second-order valence-electron chi connectivity index (χ2n) is 10.7. The molecule has 0 saturated heterocycles. The molecule has 4 rings (SSSR count). The predicted molar refractivity (Wildman–Crippen MR) is 155 cm³/mol. The van der Waals surface area contributed by atoms with E-state index in [0.29, 0.717) is 41.9 Å². The van der Waals surface area contributed by atoms with E-state index in [1.165, 1.54) is 10.2 Å². The molecule has 0 aliphatic heterocycles. The maximum Gasteiger partial charge on any atom is 0.254 e. The second kappa shape index (κ2) is 12.6. The number of hydrogen-bond donors (Lipinski definition) is 3. The average Bonchev–Trinajstić information content (AvgIpc) is 3.34. The molecule has 3 N–H and O–H groups in total. The lowest BCUT2D eigenvalue weighted by atomic mass is 9.96. The molecular weight excluding hydrogens is 508 g/mol. The van der Waals surface area contributed by atoms with Crippen molar-refractivity contribution >= 4 is 34.2 Å². The van der Waals surface area contributed by atoms with Gasteiger partial charge < -0.3 is 15.4 Å². The Morgan fingerprint density at radius 1 is 0.975 bits per heavy atom. The van der Waals surface area contributed by atoms with Gasteiger partial charge in [-0.25, -0.2) is 4.84 Å². The summed E-state index contributed by atoms with van der Waals surface area (Å²) < 4.78 is 7.32. The van der Waals surface area contributed by atoms with Crippen molar-refractivity contribution in [2.45, 2.75) is 53.8 Å². The molecule has 2 amide bonds. The molecule has 0 spiro atoms. The monoisotopic (exact) mass is 544 g/mol. The lowest BCUT2D eigenvalue weighted by molar-refractivity contribution is -0.135. The van der Waals surface area contributed by atoms with E-state index in [2.05, 4.69) is 32.5 Å². The van der Waals surface area contributed by atoms with Crippen LogP contribution in [0.1, 0.15) is 51.1 Å². The Kier molecular flexibility index (Phi) is 9.00. The third kappa shape index (κ3) is 7.57. The number of nitrogens with zero attached hydrogens (tertiary/aromatic N) is 3. The number of aryl methyl sites for hydroxylation is 2. The number of fused-ring (bicyclic) bond motifs is 1. The normalized spacial score (nSPS) is 12.1. The van der Waals surface area contributed by atoms with Crippen molar-refractivity contribution in [3.8, 4) is 5.75 Å². The predicted octanol–water partition coefficient (Wildman–Crippen LogP) is 5.51. The Bertz CT molecular complexity index is 1480. The standard InChI is InChI=1S/C30H36N6O4/c1-20-15-16-26(21(2)18-20)39-17-9-14-27(37)31-22-10-8-11-23(19-22)34-40-29(32-28(38)30(3,4)5)36-25-13-7-6-12-24(25)33-35-36/h6-8,10-13,15-16,18-19,29,34H,9,14,17H2,1-5H3,(H,31,37)(H,32,38). The van der Waals surface area contributed by atoms with Gasteiger partial charge in [-0.1, -0.05) is 61.9 Å². The Morgan fingerprint density at radius 2 is 1.75 bits per heavy atom. The minimum atomic E-state index is -0.977. The van der Waals surface area contributed by atoms with Crippen LogP contribution in [0.25, 0.3) is 11.0 Å². The third-order valence-electron chi connectivity index (χ3n) is 6.11. The molecule has 0 radical (unpaired) electrons. The first-order valence-corrected chi connectivity index (χ1v) is 13.2. The van der Waals surface area contributed by atoms with Crippen molar-refractivity contribution < 1.29 is 19.2 Å². The minimum absolute atomic E-state index is 0.119. The van der Waals surface area contributed by atoms with Crippen molar-refractivity contribution in [1.29, 1.82) is 0 Å². The first kappa shape index (κ1) is 28.6. The Hall–Kier alpha value is -4.44. The van der Waals surface area contributed by atoms with Crippen LogP contribution >= 0.6 is 0 Å². The number of rotatable bonds is 11. The highest BCUT2D eigenvalue weighted by Gasteiger charge is 2.27. The fourth-order valence-electron chi connectivity index (χ4n) is 3.91. The van der Waals surface area contributed by atoms with E-state index in [0.717, 1.165) is 11.3 Å². The van der Waals surface area contributed by atoms with Crippen LogP contribution in [0.5, 0.6) is 5.75 Å². The second-order valence-corrected chi connectivity index (χ2v) is 10.7. The van der Waals surface area contributed by atoms with E-state index in [9.17, 15) is 9.59 Å². The van der Waals surface area contributed by atoms with Crippen LogP contribution in [0.4, 0.5) is 11.4 Å². The minimum Gasteiger partial charge on any atom is -0.493 e. The Balaban J connectivity index is 1.34. The van der Waals surface area contributed by atoms with Gasteiger partial charge in [0.2, 0.25) is 11.8 Å². The molecule has 1 atom stereocenters. The zero-order valence-electron chi connectivity index (χ0n) is 23.5. The van der Waals surface area contributed by atoms with Crippen molar-refractivity contribution in [3.63, 3.8) is 0 Å². The number of carbonyl (C=O) groups is 2. The van der Waals surface area contributed by atoms with Gasteiger partial charge in [0.15, 0.2) is 0 Å². The van der Waals surface area contributed by atoms with Crippen LogP contribution in [0.2, 0.25) is 0 Å². The van der Waals surface area contributed by atoms with Crippen molar-refractivity contribution in [2.75, 3.05) is 17.4 Å². The van der Waals surface area contributed by atoms with Crippen LogP contribution < -0.4 is 20.9 Å². The van der Waals surface area contributed by atoms with Crippen molar-refractivity contribution in [1.82, 2.24) is 20.3 Å². The number of nitrogens with one attached hydrogen (secondary N) is 3. The van der Waals surface area contributed by atoms with E-state index in [-0.39, 0.29) is 11.8 Å². The number of aromatic nitrogens is 3. The summed E-state index contributed by atoms with van der Waals surface area (Å²) in [4.78, 5) is 31.2. The number of hydrogen-bond acceptors (Lipinski definition) is 7. The van der Waals surface area contributed by atoms with Crippen LogP contribution in [0.15, 0.2) is 66.7 Å². The van der Waals surface area contributed by atoms with Gasteiger partial charge >= 0.3 is 0 Å². The summed E-state index contributed by atoms with van der Waals surface area (Å²) in [6.45, 7) is 9.94. The summed E-state index contributed by atoms with van der Waals surface area (Å²) >= 11 is 0. The molecule has 1 heterocycles. The van der Waals surface area contributed by atoms with Gasteiger partial charge in [-0.2, -0.15) is 4.68 Å². The first-order valence-electron chi connectivity index (χ1n) is 13.2. The SMILES string of the molecule is Cc1ccc(OCCCC(=O)Nc2cccc(NOC(NC(=O)C(C)(C)C)n3nnc4ccccc43)c2)c(C)c1. The molecule has 10 nitrogen and oxygen atoms in total. The fourth-order valence-corrected chi connectivity index (χ4v) is 3.91. The molecule has 0 saturated carbocycles. The Labute approximate surface area is 234 Å². The number of anilines is 2. The van der Waals surface area contributed by atoms with Crippen LogP contribution in [0, 0.1) is 19.3 Å². The van der Waals surface area contributed by atoms with Crippen LogP contribution in [-0.2, 0) is 14.4 Å². The van der Waals surface area contributed by atoms with Crippen LogP contribution in [0.3, 0.4) is 0 Å². The van der Waals surface area contributed by atoms with E-state index < -0.39 is 11.8 Å². The maximum atomic E-state index is 12.8. The van der Waals surface area contributed by atoms with Crippen molar-refractivity contribution in [2.24, 2.45) is 5.41 Å². The molecule has 40 heavy (non-hydrogen) atoms. The molecule has 4 aromatic rings. The van der Waals surface area contributed by atoms with E-state index in [1.54, 1.807) is 24.3 Å². The third-order valence-corrected chi connectivity index (χ3v) is 6.11. The summed E-state index contributed by atoms with van der Waals surface area (Å²) in [5.41, 5.74) is 7.04. The summed E-state index contributed by atoms with van der Waals surface area (Å²) in [6.07, 6.45) is -0.0739.